The Labute approximate surface area is 181 Å². The topological polar surface area (TPSA) is 74.5 Å². The number of esters is 1. The highest BCUT2D eigenvalue weighted by Crippen LogP contribution is 2.24. The number of carbonyl (C=O) groups is 1. The zero-order valence-corrected chi connectivity index (χ0v) is 18.0. The van der Waals surface area contributed by atoms with E-state index in [1.807, 2.05) is 37.3 Å². The summed E-state index contributed by atoms with van der Waals surface area (Å²) in [5.41, 5.74) is 1.29. The lowest BCUT2D eigenvalue weighted by Crippen LogP contribution is -2.06. The van der Waals surface area contributed by atoms with Gasteiger partial charge in [-0.15, -0.1) is 10.2 Å². The van der Waals surface area contributed by atoms with Crippen molar-refractivity contribution in [2.75, 3.05) is 19.0 Å². The first-order valence-corrected chi connectivity index (χ1v) is 10.5. The predicted molar refractivity (Wildman–Crippen MR) is 114 cm³/mol. The lowest BCUT2D eigenvalue weighted by molar-refractivity contribution is 0.0555. The molecule has 0 saturated heterocycles. The Morgan fingerprint density at radius 1 is 1.14 bits per heavy atom. The smallest absolute Gasteiger partial charge is 0.340 e. The van der Waals surface area contributed by atoms with Gasteiger partial charge in [-0.05, 0) is 59.3 Å². The summed E-state index contributed by atoms with van der Waals surface area (Å²) in [6.45, 7) is 2.57. The van der Waals surface area contributed by atoms with Crippen molar-refractivity contribution in [3.05, 3.63) is 58.6 Å². The molecule has 0 atom stereocenters. The Balaban J connectivity index is 1.45. The van der Waals surface area contributed by atoms with Gasteiger partial charge in [-0.25, -0.2) is 4.79 Å². The molecule has 148 valence electrons. The van der Waals surface area contributed by atoms with E-state index in [1.54, 1.807) is 18.2 Å². The molecular weight excluding hydrogens is 456 g/mol. The Hall–Kier alpha value is -2.76. The molecule has 6 nitrogen and oxygen atoms in total. The second-order valence-corrected chi connectivity index (χ2v) is 7.31. The van der Waals surface area contributed by atoms with Crippen molar-refractivity contribution in [3.63, 3.8) is 0 Å². The van der Waals surface area contributed by atoms with Crippen LogP contribution >= 0.6 is 27.7 Å². The Morgan fingerprint density at radius 2 is 1.93 bits per heavy atom. The largest absolute Gasteiger partial charge is 0.494 e. The minimum atomic E-state index is -0.420. The van der Waals surface area contributed by atoms with E-state index in [9.17, 15) is 4.79 Å². The van der Waals surface area contributed by atoms with Crippen LogP contribution in [0, 0.1) is 11.8 Å². The lowest BCUT2D eigenvalue weighted by atomic mass is 10.2. The second-order valence-electron chi connectivity index (χ2n) is 5.53. The number of rotatable bonds is 7. The number of ether oxygens (including phenoxy) is 2. The van der Waals surface area contributed by atoms with Gasteiger partial charge < -0.3 is 13.9 Å². The fourth-order valence-electron chi connectivity index (χ4n) is 2.25. The third kappa shape index (κ3) is 6.11. The average molecular weight is 473 g/mol. The van der Waals surface area contributed by atoms with Crippen molar-refractivity contribution in [2.45, 2.75) is 12.1 Å². The first-order chi connectivity index (χ1) is 14.2. The van der Waals surface area contributed by atoms with E-state index < -0.39 is 5.97 Å². The highest BCUT2D eigenvalue weighted by Gasteiger charge is 2.10. The average Bonchev–Trinajstić information content (AvgIpc) is 3.20. The summed E-state index contributed by atoms with van der Waals surface area (Å²) in [5.74, 6) is 6.96. The van der Waals surface area contributed by atoms with E-state index in [4.69, 9.17) is 13.9 Å². The number of hydrogen-bond acceptors (Lipinski definition) is 7. The highest BCUT2D eigenvalue weighted by molar-refractivity contribution is 9.10. The number of thioether (sulfide) groups is 1. The zero-order chi connectivity index (χ0) is 20.5. The number of aromatic nitrogens is 2. The molecule has 0 radical (unpaired) electrons. The van der Waals surface area contributed by atoms with Crippen LogP contribution < -0.4 is 4.74 Å². The second kappa shape index (κ2) is 10.7. The molecule has 3 aromatic rings. The zero-order valence-electron chi connectivity index (χ0n) is 15.6. The minimum Gasteiger partial charge on any atom is -0.494 e. The molecular formula is C21H17BrN2O4S. The van der Waals surface area contributed by atoms with Gasteiger partial charge in [-0.3, -0.25) is 0 Å². The molecule has 0 fully saturated rings. The van der Waals surface area contributed by atoms with Crippen molar-refractivity contribution < 1.29 is 18.7 Å². The normalized spacial score (nSPS) is 10.1. The predicted octanol–water partition coefficient (Wildman–Crippen LogP) is 4.85. The summed E-state index contributed by atoms with van der Waals surface area (Å²) in [7, 11) is 0. The molecule has 1 aromatic heterocycles. The fourth-order valence-corrected chi connectivity index (χ4v) is 3.23. The summed E-state index contributed by atoms with van der Waals surface area (Å²) in [5, 5.41) is 8.47. The Bertz CT molecular complexity index is 1020. The standard InChI is InChI=1S/C21H17BrN2O4S/c1-2-26-16-11-9-15(10-12-16)19-23-24-21(28-19)29-14-6-5-13-27-20(25)17-7-3-4-8-18(17)22/h3-4,7-12H,2,13-14H2,1H3. The van der Waals surface area contributed by atoms with Gasteiger partial charge in [0.25, 0.3) is 5.22 Å². The van der Waals surface area contributed by atoms with Crippen LogP contribution in [0.25, 0.3) is 11.5 Å². The van der Waals surface area contributed by atoms with Crippen LogP contribution in [0.2, 0.25) is 0 Å². The SMILES string of the molecule is CCOc1ccc(-c2nnc(SCC#CCOC(=O)c3ccccc3Br)o2)cc1. The quantitative estimate of drug-likeness (QED) is 0.276. The molecule has 0 amide bonds. The van der Waals surface area contributed by atoms with E-state index in [0.717, 1.165) is 11.3 Å². The van der Waals surface area contributed by atoms with E-state index in [2.05, 4.69) is 38.0 Å². The van der Waals surface area contributed by atoms with Crippen molar-refractivity contribution >= 4 is 33.7 Å². The summed E-state index contributed by atoms with van der Waals surface area (Å²) in [4.78, 5) is 11.9. The van der Waals surface area contributed by atoms with Gasteiger partial charge in [0.1, 0.15) is 5.75 Å². The van der Waals surface area contributed by atoms with Crippen LogP contribution in [0.1, 0.15) is 17.3 Å². The first-order valence-electron chi connectivity index (χ1n) is 8.74. The summed E-state index contributed by atoms with van der Waals surface area (Å²) < 4.78 is 16.9. The molecule has 0 unspecified atom stereocenters. The van der Waals surface area contributed by atoms with Gasteiger partial charge in [-0.2, -0.15) is 0 Å². The maximum atomic E-state index is 11.9. The maximum absolute atomic E-state index is 11.9. The molecule has 29 heavy (non-hydrogen) atoms. The summed E-state index contributed by atoms with van der Waals surface area (Å²) in [6, 6.07) is 14.5. The number of benzene rings is 2. The molecule has 0 aliphatic rings. The van der Waals surface area contributed by atoms with Gasteiger partial charge in [-0.1, -0.05) is 35.7 Å². The van der Waals surface area contributed by atoms with Crippen LogP contribution in [-0.2, 0) is 4.74 Å². The molecule has 2 aromatic carbocycles. The maximum Gasteiger partial charge on any atom is 0.340 e. The van der Waals surface area contributed by atoms with Crippen LogP contribution in [-0.4, -0.2) is 35.1 Å². The number of hydrogen-bond donors (Lipinski definition) is 0. The third-order valence-electron chi connectivity index (χ3n) is 3.58. The minimum absolute atomic E-state index is 0.0159. The van der Waals surface area contributed by atoms with Crippen LogP contribution in [0.15, 0.2) is 62.6 Å². The van der Waals surface area contributed by atoms with Crippen LogP contribution in [0.4, 0.5) is 0 Å². The molecule has 0 bridgehead atoms. The lowest BCUT2D eigenvalue weighted by Gasteiger charge is -2.02. The molecule has 8 heteroatoms. The van der Waals surface area contributed by atoms with Crippen LogP contribution in [0.3, 0.4) is 0 Å². The van der Waals surface area contributed by atoms with Gasteiger partial charge in [0.15, 0.2) is 6.61 Å². The van der Waals surface area contributed by atoms with Crippen molar-refractivity contribution in [2.24, 2.45) is 0 Å². The molecule has 0 spiro atoms. The van der Waals surface area contributed by atoms with E-state index in [0.29, 0.717) is 33.5 Å². The van der Waals surface area contributed by atoms with Crippen molar-refractivity contribution in [1.29, 1.82) is 0 Å². The first kappa shape index (κ1) is 21.0. The van der Waals surface area contributed by atoms with Gasteiger partial charge in [0.2, 0.25) is 5.89 Å². The van der Waals surface area contributed by atoms with Gasteiger partial charge in [0.05, 0.1) is 17.9 Å². The highest BCUT2D eigenvalue weighted by atomic mass is 79.9. The molecule has 0 N–H and O–H groups in total. The molecule has 3 rings (SSSR count). The van der Waals surface area contributed by atoms with E-state index >= 15 is 0 Å². The van der Waals surface area contributed by atoms with Crippen LogP contribution in [0.5, 0.6) is 5.75 Å². The van der Waals surface area contributed by atoms with Gasteiger partial charge in [0, 0.05) is 10.0 Å². The van der Waals surface area contributed by atoms with E-state index in [-0.39, 0.29) is 6.61 Å². The van der Waals surface area contributed by atoms with Crippen molar-refractivity contribution in [1.82, 2.24) is 10.2 Å². The molecule has 0 saturated carbocycles. The molecule has 0 aliphatic heterocycles. The van der Waals surface area contributed by atoms with Gasteiger partial charge >= 0.3 is 5.97 Å². The molecule has 1 heterocycles. The Kier molecular flexibility index (Phi) is 7.73. The van der Waals surface area contributed by atoms with Crippen molar-refractivity contribution in [3.8, 4) is 29.0 Å². The fraction of sp³-hybridized carbons (Fsp3) is 0.190. The van der Waals surface area contributed by atoms with E-state index in [1.165, 1.54) is 11.8 Å². The third-order valence-corrected chi connectivity index (χ3v) is 4.97. The number of nitrogens with zero attached hydrogens (tertiary/aromatic N) is 2. The molecule has 0 aliphatic carbocycles. The summed E-state index contributed by atoms with van der Waals surface area (Å²) >= 11 is 4.63. The number of halogens is 1. The Morgan fingerprint density at radius 3 is 2.69 bits per heavy atom. The summed E-state index contributed by atoms with van der Waals surface area (Å²) in [6.07, 6.45) is 0. The number of carbonyl (C=O) groups excluding carboxylic acids is 1. The monoisotopic (exact) mass is 472 g/mol.